The highest BCUT2D eigenvalue weighted by Crippen LogP contribution is 2.24. The van der Waals surface area contributed by atoms with Crippen LogP contribution in [0.1, 0.15) is 5.56 Å². The zero-order valence-electron chi connectivity index (χ0n) is 10.9. The summed E-state index contributed by atoms with van der Waals surface area (Å²) >= 11 is 0. The molecule has 0 aliphatic rings. The van der Waals surface area contributed by atoms with Crippen molar-refractivity contribution in [2.24, 2.45) is 0 Å². The quantitative estimate of drug-likeness (QED) is 0.646. The van der Waals surface area contributed by atoms with Crippen molar-refractivity contribution in [1.29, 1.82) is 0 Å². The molecule has 0 spiro atoms. The third-order valence-corrected chi connectivity index (χ3v) is 2.83. The zero-order valence-corrected chi connectivity index (χ0v) is 10.9. The first-order chi connectivity index (χ1) is 9.60. The molecular weight excluding hydrogens is 260 g/mol. The normalized spacial score (nSPS) is 10.1. The highest BCUT2D eigenvalue weighted by molar-refractivity contribution is 5.50. The average Bonchev–Trinajstić information content (AvgIpc) is 2.46. The summed E-state index contributed by atoms with van der Waals surface area (Å²) in [5.74, 6) is 0.726. The molecular formula is C14H14N2O4. The van der Waals surface area contributed by atoms with Crippen LogP contribution in [-0.4, -0.2) is 17.1 Å². The molecule has 0 radical (unpaired) electrons. The Morgan fingerprint density at radius 2 is 2.10 bits per heavy atom. The van der Waals surface area contributed by atoms with Crippen molar-refractivity contribution in [2.75, 3.05) is 12.4 Å². The van der Waals surface area contributed by atoms with Crippen LogP contribution in [0.15, 0.2) is 42.5 Å². The van der Waals surface area contributed by atoms with E-state index >= 15 is 0 Å². The predicted octanol–water partition coefficient (Wildman–Crippen LogP) is 2.92. The molecule has 0 aliphatic carbocycles. The largest absolute Gasteiger partial charge is 0.508 e. The van der Waals surface area contributed by atoms with Gasteiger partial charge in [0.25, 0.3) is 5.69 Å². The van der Waals surface area contributed by atoms with E-state index in [0.29, 0.717) is 11.3 Å². The summed E-state index contributed by atoms with van der Waals surface area (Å²) in [6.07, 6.45) is 0. The average molecular weight is 274 g/mol. The summed E-state index contributed by atoms with van der Waals surface area (Å²) in [7, 11) is 1.57. The third-order valence-electron chi connectivity index (χ3n) is 2.83. The summed E-state index contributed by atoms with van der Waals surface area (Å²) < 4.78 is 5.10. The summed E-state index contributed by atoms with van der Waals surface area (Å²) in [6.45, 7) is 0.278. The lowest BCUT2D eigenvalue weighted by atomic mass is 10.1. The number of anilines is 1. The molecule has 0 aliphatic heterocycles. The van der Waals surface area contributed by atoms with Gasteiger partial charge >= 0.3 is 0 Å². The standard InChI is InChI=1S/C14H14N2O4/c1-20-13-4-2-3-11(8-13)15-9-10-7-12(16(18)19)5-6-14(10)17/h2-8,15,17H,9H2,1H3. The molecule has 104 valence electrons. The Bertz CT molecular complexity index is 628. The Morgan fingerprint density at radius 1 is 1.30 bits per heavy atom. The number of rotatable bonds is 5. The minimum Gasteiger partial charge on any atom is -0.508 e. The molecule has 2 N–H and O–H groups in total. The number of nitrogens with one attached hydrogen (secondary N) is 1. The number of nitro groups is 1. The molecule has 6 heteroatoms. The van der Waals surface area contributed by atoms with Crippen molar-refractivity contribution < 1.29 is 14.8 Å². The first-order valence-corrected chi connectivity index (χ1v) is 5.94. The van der Waals surface area contributed by atoms with E-state index in [9.17, 15) is 15.2 Å². The van der Waals surface area contributed by atoms with Crippen LogP contribution in [-0.2, 0) is 6.54 Å². The predicted molar refractivity (Wildman–Crippen MR) is 75.1 cm³/mol. The van der Waals surface area contributed by atoms with Gasteiger partial charge < -0.3 is 15.2 Å². The molecule has 0 aromatic heterocycles. The van der Waals surface area contributed by atoms with Crippen molar-refractivity contribution in [2.45, 2.75) is 6.54 Å². The summed E-state index contributed by atoms with van der Waals surface area (Å²) in [5.41, 5.74) is 1.21. The van der Waals surface area contributed by atoms with Crippen molar-refractivity contribution >= 4 is 11.4 Å². The number of nitro benzene ring substituents is 1. The van der Waals surface area contributed by atoms with E-state index in [4.69, 9.17) is 4.74 Å². The van der Waals surface area contributed by atoms with Crippen molar-refractivity contribution in [3.05, 3.63) is 58.1 Å². The molecule has 20 heavy (non-hydrogen) atoms. The van der Waals surface area contributed by atoms with E-state index in [2.05, 4.69) is 5.32 Å². The van der Waals surface area contributed by atoms with Gasteiger partial charge in [-0.3, -0.25) is 10.1 Å². The molecule has 0 fully saturated rings. The topological polar surface area (TPSA) is 84.6 Å². The zero-order chi connectivity index (χ0) is 14.5. The van der Waals surface area contributed by atoms with Gasteiger partial charge in [0.15, 0.2) is 0 Å². The SMILES string of the molecule is COc1cccc(NCc2cc([N+](=O)[O-])ccc2O)c1. The second-order valence-corrected chi connectivity index (χ2v) is 4.16. The van der Waals surface area contributed by atoms with E-state index in [1.165, 1.54) is 18.2 Å². The van der Waals surface area contributed by atoms with Crippen LogP contribution < -0.4 is 10.1 Å². The lowest BCUT2D eigenvalue weighted by molar-refractivity contribution is -0.384. The van der Waals surface area contributed by atoms with Gasteiger partial charge in [0.2, 0.25) is 0 Å². The van der Waals surface area contributed by atoms with Crippen LogP contribution >= 0.6 is 0 Å². The van der Waals surface area contributed by atoms with Crippen LogP contribution in [0.5, 0.6) is 11.5 Å². The molecule has 2 rings (SSSR count). The van der Waals surface area contributed by atoms with Gasteiger partial charge in [-0.05, 0) is 18.2 Å². The number of hydrogen-bond donors (Lipinski definition) is 2. The molecule has 0 heterocycles. The number of phenolic OH excluding ortho intramolecular Hbond substituents is 1. The fourth-order valence-electron chi connectivity index (χ4n) is 1.76. The Morgan fingerprint density at radius 3 is 2.80 bits per heavy atom. The van der Waals surface area contributed by atoms with Gasteiger partial charge in [0.05, 0.1) is 12.0 Å². The van der Waals surface area contributed by atoms with E-state index in [1.54, 1.807) is 13.2 Å². The molecule has 0 saturated carbocycles. The second kappa shape index (κ2) is 5.92. The minimum atomic E-state index is -0.492. The number of non-ortho nitro benzene ring substituents is 1. The molecule has 2 aromatic rings. The Hall–Kier alpha value is -2.76. The summed E-state index contributed by atoms with van der Waals surface area (Å²) in [4.78, 5) is 10.2. The number of ether oxygens (including phenoxy) is 1. The first kappa shape index (κ1) is 13.7. The minimum absolute atomic E-state index is 0.0194. The Balaban J connectivity index is 2.13. The fraction of sp³-hybridized carbons (Fsp3) is 0.143. The highest BCUT2D eigenvalue weighted by atomic mass is 16.6. The highest BCUT2D eigenvalue weighted by Gasteiger charge is 2.10. The van der Waals surface area contributed by atoms with Crippen molar-refractivity contribution in [1.82, 2.24) is 0 Å². The number of phenols is 1. The van der Waals surface area contributed by atoms with Crippen LogP contribution in [0.25, 0.3) is 0 Å². The van der Waals surface area contributed by atoms with E-state index in [1.807, 2.05) is 18.2 Å². The molecule has 0 atom stereocenters. The Kier molecular flexibility index (Phi) is 4.05. The fourth-order valence-corrected chi connectivity index (χ4v) is 1.76. The summed E-state index contributed by atoms with van der Waals surface area (Å²) in [6, 6.07) is 11.2. The second-order valence-electron chi connectivity index (χ2n) is 4.16. The third kappa shape index (κ3) is 3.17. The molecule has 0 amide bonds. The van der Waals surface area contributed by atoms with Gasteiger partial charge in [0.1, 0.15) is 11.5 Å². The lowest BCUT2D eigenvalue weighted by Crippen LogP contribution is -2.01. The maximum absolute atomic E-state index is 10.7. The van der Waals surface area contributed by atoms with Gasteiger partial charge in [-0.1, -0.05) is 6.07 Å². The molecule has 6 nitrogen and oxygen atoms in total. The van der Waals surface area contributed by atoms with Crippen LogP contribution in [0.2, 0.25) is 0 Å². The van der Waals surface area contributed by atoms with E-state index < -0.39 is 4.92 Å². The number of benzene rings is 2. The molecule has 0 bridgehead atoms. The summed E-state index contributed by atoms with van der Waals surface area (Å²) in [5, 5.41) is 23.5. The Labute approximate surface area is 115 Å². The maximum Gasteiger partial charge on any atom is 0.270 e. The van der Waals surface area contributed by atoms with Gasteiger partial charge in [-0.15, -0.1) is 0 Å². The molecule has 2 aromatic carbocycles. The van der Waals surface area contributed by atoms with E-state index in [-0.39, 0.29) is 18.0 Å². The van der Waals surface area contributed by atoms with Gasteiger partial charge in [0, 0.05) is 36.0 Å². The van der Waals surface area contributed by atoms with Gasteiger partial charge in [-0.25, -0.2) is 0 Å². The van der Waals surface area contributed by atoms with Crippen molar-refractivity contribution in [3.8, 4) is 11.5 Å². The number of nitrogens with zero attached hydrogens (tertiary/aromatic N) is 1. The first-order valence-electron chi connectivity index (χ1n) is 5.94. The van der Waals surface area contributed by atoms with Gasteiger partial charge in [-0.2, -0.15) is 0 Å². The van der Waals surface area contributed by atoms with E-state index in [0.717, 1.165) is 5.69 Å². The van der Waals surface area contributed by atoms with Crippen molar-refractivity contribution in [3.63, 3.8) is 0 Å². The maximum atomic E-state index is 10.7. The lowest BCUT2D eigenvalue weighted by Gasteiger charge is -2.09. The monoisotopic (exact) mass is 274 g/mol. The van der Waals surface area contributed by atoms with Crippen LogP contribution in [0.3, 0.4) is 0 Å². The van der Waals surface area contributed by atoms with Crippen LogP contribution in [0.4, 0.5) is 11.4 Å². The number of hydrogen-bond acceptors (Lipinski definition) is 5. The molecule has 0 saturated heterocycles. The molecule has 0 unspecified atom stereocenters. The number of methoxy groups -OCH3 is 1. The van der Waals surface area contributed by atoms with Crippen LogP contribution in [0, 0.1) is 10.1 Å². The number of aromatic hydroxyl groups is 1. The smallest absolute Gasteiger partial charge is 0.270 e.